The minimum absolute atomic E-state index is 0.115. The minimum atomic E-state index is -0.341. The predicted octanol–water partition coefficient (Wildman–Crippen LogP) is 2.06. The van der Waals surface area contributed by atoms with Gasteiger partial charge in [0.1, 0.15) is 5.82 Å². The lowest BCUT2D eigenvalue weighted by molar-refractivity contribution is 0.0916. The van der Waals surface area contributed by atoms with E-state index in [1.165, 1.54) is 18.3 Å². The van der Waals surface area contributed by atoms with E-state index in [2.05, 4.69) is 15.5 Å². The fraction of sp³-hybridized carbons (Fsp3) is 0.333. The van der Waals surface area contributed by atoms with Crippen molar-refractivity contribution in [3.8, 4) is 11.3 Å². The number of nitrogens with one attached hydrogen (secondary N) is 2. The van der Waals surface area contributed by atoms with Crippen molar-refractivity contribution in [2.45, 2.75) is 12.5 Å². The van der Waals surface area contributed by atoms with E-state index < -0.39 is 0 Å². The third-order valence-corrected chi connectivity index (χ3v) is 3.89. The van der Waals surface area contributed by atoms with E-state index >= 15 is 0 Å². The van der Waals surface area contributed by atoms with Gasteiger partial charge in [-0.2, -0.15) is 16.9 Å². The lowest BCUT2D eigenvalue weighted by Gasteiger charge is -2.15. The topological polar surface area (TPSA) is 78.0 Å². The SMILES string of the molecule is CSCC[C@H](CO)NC(=O)c1cn[nH]c1-c1ccc(F)cc1. The molecule has 0 unspecified atom stereocenters. The molecule has 1 heterocycles. The Morgan fingerprint density at radius 2 is 2.18 bits per heavy atom. The largest absolute Gasteiger partial charge is 0.394 e. The number of H-pyrrole nitrogens is 1. The highest BCUT2D eigenvalue weighted by molar-refractivity contribution is 7.98. The van der Waals surface area contributed by atoms with E-state index in [-0.39, 0.29) is 24.4 Å². The van der Waals surface area contributed by atoms with Crippen LogP contribution in [0.3, 0.4) is 0 Å². The molecule has 1 aromatic carbocycles. The molecule has 0 saturated carbocycles. The Balaban J connectivity index is 2.14. The van der Waals surface area contributed by atoms with Gasteiger partial charge >= 0.3 is 0 Å². The maximum atomic E-state index is 13.0. The third kappa shape index (κ3) is 4.08. The van der Waals surface area contributed by atoms with Crippen molar-refractivity contribution in [1.29, 1.82) is 0 Å². The van der Waals surface area contributed by atoms with Crippen LogP contribution in [0.2, 0.25) is 0 Å². The molecule has 2 rings (SSSR count). The highest BCUT2D eigenvalue weighted by Gasteiger charge is 2.18. The first-order valence-electron chi connectivity index (χ1n) is 6.85. The monoisotopic (exact) mass is 323 g/mol. The molecule has 22 heavy (non-hydrogen) atoms. The van der Waals surface area contributed by atoms with Crippen LogP contribution in [0.15, 0.2) is 30.5 Å². The van der Waals surface area contributed by atoms with Crippen molar-refractivity contribution in [3.05, 3.63) is 41.8 Å². The van der Waals surface area contributed by atoms with E-state index in [0.717, 1.165) is 5.75 Å². The highest BCUT2D eigenvalue weighted by atomic mass is 32.2. The van der Waals surface area contributed by atoms with E-state index in [4.69, 9.17) is 0 Å². The lowest BCUT2D eigenvalue weighted by atomic mass is 10.1. The van der Waals surface area contributed by atoms with Gasteiger partial charge in [0, 0.05) is 5.56 Å². The smallest absolute Gasteiger partial charge is 0.255 e. The number of hydrogen-bond acceptors (Lipinski definition) is 4. The summed E-state index contributed by atoms with van der Waals surface area (Å²) < 4.78 is 13.0. The van der Waals surface area contributed by atoms with Crippen LogP contribution in [0.1, 0.15) is 16.8 Å². The van der Waals surface area contributed by atoms with E-state index in [0.29, 0.717) is 23.2 Å². The molecule has 1 amide bonds. The summed E-state index contributed by atoms with van der Waals surface area (Å²) in [7, 11) is 0. The number of aliphatic hydroxyl groups excluding tert-OH is 1. The molecule has 0 saturated heterocycles. The molecule has 0 fully saturated rings. The van der Waals surface area contributed by atoms with Crippen LogP contribution in [0, 0.1) is 5.82 Å². The maximum absolute atomic E-state index is 13.0. The molecule has 118 valence electrons. The number of halogens is 1. The molecule has 2 aromatic rings. The first-order chi connectivity index (χ1) is 10.7. The van der Waals surface area contributed by atoms with Crippen LogP contribution in [-0.4, -0.2) is 45.9 Å². The van der Waals surface area contributed by atoms with Gasteiger partial charge in [-0.15, -0.1) is 0 Å². The van der Waals surface area contributed by atoms with Crippen molar-refractivity contribution in [3.63, 3.8) is 0 Å². The molecule has 0 aliphatic rings. The standard InChI is InChI=1S/C15H18FN3O2S/c1-22-7-6-12(9-20)18-15(21)13-8-17-19-14(13)10-2-4-11(16)5-3-10/h2-5,8,12,20H,6-7,9H2,1H3,(H,17,19)(H,18,21)/t12-/m1/s1. The molecular formula is C15H18FN3O2S. The first-order valence-corrected chi connectivity index (χ1v) is 8.25. The van der Waals surface area contributed by atoms with Crippen molar-refractivity contribution >= 4 is 17.7 Å². The Labute approximate surface area is 132 Å². The van der Waals surface area contributed by atoms with Crippen molar-refractivity contribution in [2.75, 3.05) is 18.6 Å². The number of hydrogen-bond donors (Lipinski definition) is 3. The normalized spacial score (nSPS) is 12.1. The summed E-state index contributed by atoms with van der Waals surface area (Å²) in [5.41, 5.74) is 1.57. The van der Waals surface area contributed by atoms with E-state index in [9.17, 15) is 14.3 Å². The van der Waals surface area contributed by atoms with Crippen LogP contribution in [0.4, 0.5) is 4.39 Å². The predicted molar refractivity (Wildman–Crippen MR) is 85.3 cm³/mol. The maximum Gasteiger partial charge on any atom is 0.255 e. The average Bonchev–Trinajstić information content (AvgIpc) is 3.01. The fourth-order valence-corrected chi connectivity index (χ4v) is 2.55. The summed E-state index contributed by atoms with van der Waals surface area (Å²) >= 11 is 1.65. The second-order valence-corrected chi connectivity index (χ2v) is 5.79. The minimum Gasteiger partial charge on any atom is -0.394 e. The summed E-state index contributed by atoms with van der Waals surface area (Å²) in [5.74, 6) is 0.196. The van der Waals surface area contributed by atoms with Crippen LogP contribution in [0.25, 0.3) is 11.3 Å². The van der Waals surface area contributed by atoms with Gasteiger partial charge < -0.3 is 10.4 Å². The molecule has 0 aliphatic heterocycles. The van der Waals surface area contributed by atoms with E-state index in [1.807, 2.05) is 6.26 Å². The number of benzene rings is 1. The Morgan fingerprint density at radius 3 is 2.82 bits per heavy atom. The number of thioether (sulfide) groups is 1. The summed E-state index contributed by atoms with van der Waals surface area (Å²) in [6.45, 7) is -0.115. The van der Waals surface area contributed by atoms with Crippen molar-refractivity contribution in [1.82, 2.24) is 15.5 Å². The Morgan fingerprint density at radius 1 is 1.45 bits per heavy atom. The average molecular weight is 323 g/mol. The summed E-state index contributed by atoms with van der Waals surface area (Å²) in [4.78, 5) is 12.3. The molecule has 1 atom stereocenters. The number of carbonyl (C=O) groups is 1. The summed E-state index contributed by atoms with van der Waals surface area (Å²) in [6.07, 6.45) is 4.09. The molecule has 0 radical (unpaired) electrons. The zero-order valence-electron chi connectivity index (χ0n) is 12.2. The van der Waals surface area contributed by atoms with Crippen molar-refractivity contribution in [2.24, 2.45) is 0 Å². The molecule has 1 aromatic heterocycles. The van der Waals surface area contributed by atoms with Gasteiger partial charge in [0.2, 0.25) is 0 Å². The van der Waals surface area contributed by atoms with Gasteiger partial charge in [-0.1, -0.05) is 0 Å². The fourth-order valence-electron chi connectivity index (χ4n) is 2.03. The quantitative estimate of drug-likeness (QED) is 0.729. The van der Waals surface area contributed by atoms with Crippen LogP contribution in [-0.2, 0) is 0 Å². The lowest BCUT2D eigenvalue weighted by Crippen LogP contribution is -2.38. The van der Waals surface area contributed by atoms with Crippen molar-refractivity contribution < 1.29 is 14.3 Å². The van der Waals surface area contributed by atoms with Gasteiger partial charge in [0.15, 0.2) is 0 Å². The highest BCUT2D eigenvalue weighted by Crippen LogP contribution is 2.21. The number of aromatic nitrogens is 2. The first kappa shape index (κ1) is 16.5. The molecule has 3 N–H and O–H groups in total. The Hall–Kier alpha value is -1.86. The number of carbonyl (C=O) groups excluding carboxylic acids is 1. The van der Waals surface area contributed by atoms with Gasteiger partial charge in [-0.25, -0.2) is 4.39 Å². The second kappa shape index (κ2) is 7.95. The Bertz CT molecular complexity index is 616. The molecule has 0 spiro atoms. The molecule has 0 aliphatic carbocycles. The number of rotatable bonds is 7. The molecule has 5 nitrogen and oxygen atoms in total. The van der Waals surface area contributed by atoms with Gasteiger partial charge in [0.25, 0.3) is 5.91 Å². The number of aliphatic hydroxyl groups is 1. The van der Waals surface area contributed by atoms with Crippen LogP contribution >= 0.6 is 11.8 Å². The number of amides is 1. The number of aromatic amines is 1. The third-order valence-electron chi connectivity index (χ3n) is 3.24. The summed E-state index contributed by atoms with van der Waals surface area (Å²) in [6, 6.07) is 5.52. The van der Waals surface area contributed by atoms with Gasteiger partial charge in [0.05, 0.1) is 30.1 Å². The zero-order chi connectivity index (χ0) is 15.9. The van der Waals surface area contributed by atoms with Gasteiger partial charge in [-0.3, -0.25) is 9.89 Å². The van der Waals surface area contributed by atoms with Crippen LogP contribution in [0.5, 0.6) is 0 Å². The molecule has 0 bridgehead atoms. The second-order valence-electron chi connectivity index (χ2n) is 4.80. The molecule has 7 heteroatoms. The Kier molecular flexibility index (Phi) is 5.97. The van der Waals surface area contributed by atoms with E-state index in [1.54, 1.807) is 23.9 Å². The van der Waals surface area contributed by atoms with Crippen LogP contribution < -0.4 is 5.32 Å². The van der Waals surface area contributed by atoms with Gasteiger partial charge in [-0.05, 0) is 42.7 Å². The molecular weight excluding hydrogens is 305 g/mol. The number of nitrogens with zero attached hydrogens (tertiary/aromatic N) is 1. The summed E-state index contributed by atoms with van der Waals surface area (Å²) in [5, 5.41) is 18.8. The zero-order valence-corrected chi connectivity index (χ0v) is 13.0.